The number of hydrogen-bond donors (Lipinski definition) is 1. The summed E-state index contributed by atoms with van der Waals surface area (Å²) < 4.78 is 28.1. The molecule has 0 aliphatic heterocycles. The average molecular weight is 428 g/mol. The fourth-order valence-corrected chi connectivity index (χ4v) is 2.21. The third-order valence-corrected chi connectivity index (χ3v) is 4.65. The van der Waals surface area contributed by atoms with Gasteiger partial charge in [-0.3, -0.25) is 4.57 Å². The molecular weight excluding hydrogens is 419 g/mol. The summed E-state index contributed by atoms with van der Waals surface area (Å²) >= 11 is 5.59. The molecule has 0 fully saturated rings. The van der Waals surface area contributed by atoms with Gasteiger partial charge in [0, 0.05) is 26.1 Å². The summed E-state index contributed by atoms with van der Waals surface area (Å²) in [5.74, 6) is 0.308. The van der Waals surface area contributed by atoms with E-state index in [0.29, 0.717) is 5.82 Å². The fraction of sp³-hybridized carbons (Fsp3) is 0.182. The number of alkyl halides is 2. The SMILES string of the molecule is FC(F)n1ccnc1CNc1ccc(Br)c(I)c1. The molecule has 2 rings (SSSR count). The number of aromatic nitrogens is 2. The molecule has 1 aromatic carbocycles. The van der Waals surface area contributed by atoms with E-state index in [1.807, 2.05) is 18.2 Å². The van der Waals surface area contributed by atoms with Crippen LogP contribution in [0.2, 0.25) is 0 Å². The monoisotopic (exact) mass is 427 g/mol. The molecule has 18 heavy (non-hydrogen) atoms. The van der Waals surface area contributed by atoms with Crippen molar-refractivity contribution in [3.05, 3.63) is 44.5 Å². The molecule has 0 aliphatic carbocycles. The molecule has 0 aliphatic rings. The Balaban J connectivity index is 2.07. The van der Waals surface area contributed by atoms with Crippen molar-refractivity contribution in [2.24, 2.45) is 0 Å². The number of rotatable bonds is 4. The van der Waals surface area contributed by atoms with E-state index in [-0.39, 0.29) is 6.54 Å². The van der Waals surface area contributed by atoms with E-state index in [1.165, 1.54) is 12.4 Å². The highest BCUT2D eigenvalue weighted by Gasteiger charge is 2.10. The number of nitrogens with one attached hydrogen (secondary N) is 1. The van der Waals surface area contributed by atoms with E-state index < -0.39 is 6.55 Å². The van der Waals surface area contributed by atoms with Crippen LogP contribution in [-0.2, 0) is 6.54 Å². The van der Waals surface area contributed by atoms with Gasteiger partial charge in [-0.1, -0.05) is 0 Å². The summed E-state index contributed by atoms with van der Waals surface area (Å²) in [4.78, 5) is 3.90. The van der Waals surface area contributed by atoms with Gasteiger partial charge in [0.05, 0.1) is 6.54 Å². The first-order valence-electron chi connectivity index (χ1n) is 5.06. The van der Waals surface area contributed by atoms with E-state index in [9.17, 15) is 8.78 Å². The lowest BCUT2D eigenvalue weighted by Gasteiger charge is -2.09. The predicted octanol–water partition coefficient (Wildman–Crippen LogP) is 4.26. The summed E-state index contributed by atoms with van der Waals surface area (Å²) in [6.45, 7) is -2.30. The zero-order chi connectivity index (χ0) is 13.1. The number of nitrogens with zero attached hydrogens (tertiary/aromatic N) is 2. The second kappa shape index (κ2) is 5.96. The first-order valence-corrected chi connectivity index (χ1v) is 6.94. The van der Waals surface area contributed by atoms with Crippen LogP contribution in [0.1, 0.15) is 12.4 Å². The zero-order valence-electron chi connectivity index (χ0n) is 9.08. The Morgan fingerprint density at radius 1 is 1.44 bits per heavy atom. The van der Waals surface area contributed by atoms with Gasteiger partial charge < -0.3 is 5.32 Å². The zero-order valence-corrected chi connectivity index (χ0v) is 12.8. The smallest absolute Gasteiger partial charge is 0.319 e. The Bertz CT molecular complexity index is 545. The molecular formula is C11H9BrF2IN3. The van der Waals surface area contributed by atoms with Crippen LogP contribution in [0, 0.1) is 3.57 Å². The molecule has 3 nitrogen and oxygen atoms in total. The Hall–Kier alpha value is -0.700. The van der Waals surface area contributed by atoms with Crippen molar-refractivity contribution in [3.63, 3.8) is 0 Å². The minimum Gasteiger partial charge on any atom is -0.378 e. The predicted molar refractivity (Wildman–Crippen MR) is 77.7 cm³/mol. The molecule has 2 aromatic rings. The van der Waals surface area contributed by atoms with Crippen molar-refractivity contribution in [3.8, 4) is 0 Å². The van der Waals surface area contributed by atoms with Gasteiger partial charge in [-0.25, -0.2) is 4.98 Å². The lowest BCUT2D eigenvalue weighted by Crippen LogP contribution is -2.09. The van der Waals surface area contributed by atoms with Gasteiger partial charge in [-0.15, -0.1) is 0 Å². The normalized spacial score (nSPS) is 10.9. The molecule has 96 valence electrons. The van der Waals surface area contributed by atoms with Gasteiger partial charge in [-0.2, -0.15) is 8.78 Å². The molecule has 0 unspecified atom stereocenters. The first-order chi connectivity index (χ1) is 8.58. The minimum absolute atomic E-state index is 0.259. The number of benzene rings is 1. The summed E-state index contributed by atoms with van der Waals surface area (Å²) in [5.41, 5.74) is 0.867. The highest BCUT2D eigenvalue weighted by molar-refractivity contribution is 14.1. The fourth-order valence-electron chi connectivity index (χ4n) is 1.45. The van der Waals surface area contributed by atoms with Crippen LogP contribution in [-0.4, -0.2) is 9.55 Å². The van der Waals surface area contributed by atoms with Gasteiger partial charge >= 0.3 is 6.55 Å². The van der Waals surface area contributed by atoms with E-state index in [0.717, 1.165) is 18.3 Å². The van der Waals surface area contributed by atoms with Gasteiger partial charge in [0.15, 0.2) is 0 Å². The quantitative estimate of drug-likeness (QED) is 0.739. The van der Waals surface area contributed by atoms with Gasteiger partial charge in [0.25, 0.3) is 0 Å². The van der Waals surface area contributed by atoms with Crippen molar-refractivity contribution in [1.29, 1.82) is 0 Å². The maximum Gasteiger partial charge on any atom is 0.319 e. The van der Waals surface area contributed by atoms with Crippen LogP contribution < -0.4 is 5.32 Å². The second-order valence-corrected chi connectivity index (χ2v) is 5.53. The largest absolute Gasteiger partial charge is 0.378 e. The Labute approximate surface area is 125 Å². The molecule has 0 saturated heterocycles. The lowest BCUT2D eigenvalue weighted by molar-refractivity contribution is 0.0673. The minimum atomic E-state index is -2.56. The topological polar surface area (TPSA) is 29.9 Å². The standard InChI is InChI=1S/C11H9BrF2IN3/c12-8-2-1-7(5-9(8)15)17-6-10-16-3-4-18(10)11(13)14/h1-5,11,17H,6H2. The maximum atomic E-state index is 12.6. The van der Waals surface area contributed by atoms with Crippen molar-refractivity contribution in [2.45, 2.75) is 13.1 Å². The van der Waals surface area contributed by atoms with Crippen LogP contribution in [0.5, 0.6) is 0 Å². The van der Waals surface area contributed by atoms with E-state index >= 15 is 0 Å². The van der Waals surface area contributed by atoms with Crippen LogP contribution in [0.25, 0.3) is 0 Å². The molecule has 0 bridgehead atoms. The summed E-state index contributed by atoms with van der Waals surface area (Å²) in [6, 6.07) is 5.71. The molecule has 0 atom stereocenters. The van der Waals surface area contributed by atoms with Crippen LogP contribution in [0.3, 0.4) is 0 Å². The lowest BCUT2D eigenvalue weighted by atomic mass is 10.3. The van der Waals surface area contributed by atoms with E-state index in [2.05, 4.69) is 48.8 Å². The number of anilines is 1. The van der Waals surface area contributed by atoms with Gasteiger partial charge in [-0.05, 0) is 56.7 Å². The van der Waals surface area contributed by atoms with Crippen LogP contribution in [0.4, 0.5) is 14.5 Å². The average Bonchev–Trinajstić information content (AvgIpc) is 2.79. The second-order valence-electron chi connectivity index (χ2n) is 3.51. The summed E-state index contributed by atoms with van der Waals surface area (Å²) in [5, 5.41) is 3.07. The van der Waals surface area contributed by atoms with Crippen LogP contribution in [0.15, 0.2) is 35.1 Å². The molecule has 1 N–H and O–H groups in total. The van der Waals surface area contributed by atoms with Gasteiger partial charge in [0.2, 0.25) is 0 Å². The molecule has 0 saturated carbocycles. The number of hydrogen-bond acceptors (Lipinski definition) is 2. The van der Waals surface area contributed by atoms with Crippen molar-refractivity contribution in [1.82, 2.24) is 9.55 Å². The maximum absolute atomic E-state index is 12.6. The number of imidazole rings is 1. The van der Waals surface area contributed by atoms with Crippen molar-refractivity contribution in [2.75, 3.05) is 5.32 Å². The molecule has 0 amide bonds. The molecule has 1 aromatic heterocycles. The summed E-state index contributed by atoms with van der Waals surface area (Å²) in [6.07, 6.45) is 2.64. The highest BCUT2D eigenvalue weighted by atomic mass is 127. The Morgan fingerprint density at radius 2 is 2.22 bits per heavy atom. The molecule has 0 spiro atoms. The molecule has 0 radical (unpaired) electrons. The number of halogens is 4. The van der Waals surface area contributed by atoms with E-state index in [1.54, 1.807) is 0 Å². The first kappa shape index (κ1) is 13.7. The molecule has 7 heteroatoms. The van der Waals surface area contributed by atoms with Gasteiger partial charge in [0.1, 0.15) is 5.82 Å². The Kier molecular flexibility index (Phi) is 4.55. The third kappa shape index (κ3) is 3.19. The molecule has 1 heterocycles. The van der Waals surface area contributed by atoms with Crippen molar-refractivity contribution < 1.29 is 8.78 Å². The third-order valence-electron chi connectivity index (χ3n) is 2.33. The van der Waals surface area contributed by atoms with E-state index in [4.69, 9.17) is 0 Å². The Morgan fingerprint density at radius 3 is 2.89 bits per heavy atom. The highest BCUT2D eigenvalue weighted by Crippen LogP contribution is 2.23. The van der Waals surface area contributed by atoms with Crippen LogP contribution >= 0.6 is 38.5 Å². The summed E-state index contributed by atoms with van der Waals surface area (Å²) in [7, 11) is 0. The van der Waals surface area contributed by atoms with Crippen molar-refractivity contribution >= 4 is 44.2 Å².